The van der Waals surface area contributed by atoms with E-state index in [1.807, 2.05) is 36.4 Å². The van der Waals surface area contributed by atoms with Crippen LogP contribution in [-0.2, 0) is 22.3 Å². The molecular formula is C26H21F3O3. The molecule has 3 nitrogen and oxygen atoms in total. The Kier molecular flexibility index (Phi) is 7.21. The number of methoxy groups -OCH3 is 1. The Morgan fingerprint density at radius 1 is 0.938 bits per heavy atom. The first-order valence-corrected chi connectivity index (χ1v) is 9.82. The summed E-state index contributed by atoms with van der Waals surface area (Å²) in [6.07, 6.45) is 1.29. The zero-order valence-corrected chi connectivity index (χ0v) is 17.4. The van der Waals surface area contributed by atoms with Gasteiger partial charge in [0.2, 0.25) is 0 Å². The van der Waals surface area contributed by atoms with Gasteiger partial charge in [-0.3, -0.25) is 4.79 Å². The topological polar surface area (TPSA) is 35.5 Å². The molecule has 0 fully saturated rings. The van der Waals surface area contributed by atoms with Gasteiger partial charge in [0.15, 0.2) is 0 Å². The van der Waals surface area contributed by atoms with Crippen LogP contribution < -0.4 is 4.74 Å². The summed E-state index contributed by atoms with van der Waals surface area (Å²) in [4.78, 5) is 11.5. The molecule has 6 heteroatoms. The molecule has 0 radical (unpaired) electrons. The van der Waals surface area contributed by atoms with Crippen molar-refractivity contribution in [3.05, 3.63) is 89.5 Å². The molecule has 1 atom stereocenters. The van der Waals surface area contributed by atoms with Gasteiger partial charge >= 0.3 is 12.1 Å². The van der Waals surface area contributed by atoms with E-state index in [0.29, 0.717) is 17.9 Å². The van der Waals surface area contributed by atoms with Crippen molar-refractivity contribution in [3.63, 3.8) is 0 Å². The fourth-order valence-corrected chi connectivity index (χ4v) is 3.13. The summed E-state index contributed by atoms with van der Waals surface area (Å²) in [6.45, 7) is 0.327. The van der Waals surface area contributed by atoms with E-state index < -0.39 is 11.7 Å². The van der Waals surface area contributed by atoms with E-state index in [9.17, 15) is 18.0 Å². The smallest absolute Gasteiger partial charge is 0.416 e. The third-order valence-corrected chi connectivity index (χ3v) is 4.99. The molecule has 0 spiro atoms. The van der Waals surface area contributed by atoms with Gasteiger partial charge in [0, 0.05) is 0 Å². The van der Waals surface area contributed by atoms with Crippen molar-refractivity contribution in [2.24, 2.45) is 0 Å². The number of alkyl halides is 3. The number of hydrogen-bond acceptors (Lipinski definition) is 3. The second-order valence-electron chi connectivity index (χ2n) is 7.13. The molecule has 0 aromatic heterocycles. The molecule has 0 unspecified atom stereocenters. The predicted molar refractivity (Wildman–Crippen MR) is 116 cm³/mol. The van der Waals surface area contributed by atoms with Gasteiger partial charge in [-0.1, -0.05) is 54.5 Å². The van der Waals surface area contributed by atoms with E-state index >= 15 is 0 Å². The number of benzene rings is 3. The fourth-order valence-electron chi connectivity index (χ4n) is 3.13. The van der Waals surface area contributed by atoms with E-state index in [2.05, 4.69) is 10.7 Å². The Balaban J connectivity index is 1.59. The number of ether oxygens (including phenoxy) is 2. The molecule has 0 aliphatic carbocycles. The molecule has 32 heavy (non-hydrogen) atoms. The number of halogens is 3. The Labute approximate surface area is 184 Å². The molecule has 0 amide bonds. The van der Waals surface area contributed by atoms with Crippen molar-refractivity contribution in [2.45, 2.75) is 25.1 Å². The lowest BCUT2D eigenvalue weighted by Crippen LogP contribution is -2.07. The van der Waals surface area contributed by atoms with Gasteiger partial charge in [0.1, 0.15) is 12.4 Å². The molecule has 0 saturated heterocycles. The summed E-state index contributed by atoms with van der Waals surface area (Å²) in [5.74, 6) is 2.51. The maximum absolute atomic E-state index is 12.7. The fraction of sp³-hybridized carbons (Fsp3) is 0.192. The van der Waals surface area contributed by atoms with Gasteiger partial charge in [-0.15, -0.1) is 6.42 Å². The molecule has 0 bridgehead atoms. The molecule has 164 valence electrons. The lowest BCUT2D eigenvalue weighted by Gasteiger charge is -2.12. The highest BCUT2D eigenvalue weighted by Gasteiger charge is 2.29. The van der Waals surface area contributed by atoms with Crippen molar-refractivity contribution in [3.8, 4) is 29.2 Å². The third-order valence-electron chi connectivity index (χ3n) is 4.99. The van der Waals surface area contributed by atoms with Crippen molar-refractivity contribution in [1.29, 1.82) is 0 Å². The van der Waals surface area contributed by atoms with E-state index in [4.69, 9.17) is 11.2 Å². The Hall–Kier alpha value is -3.72. The lowest BCUT2D eigenvalue weighted by molar-refractivity contribution is -0.141. The number of carbonyl (C=O) groups is 1. The average Bonchev–Trinajstić information content (AvgIpc) is 2.81. The quantitative estimate of drug-likeness (QED) is 0.324. The standard InChI is InChI=1S/C26H21F3O3/c1-3-19(16-25(30)31-2)20-10-14-24(15-11-20)32-17-18-4-6-21(7-5-18)22-8-12-23(13-9-22)26(27,28)29/h1,4-15,19H,16-17H2,2H3/t19-/m1/s1. The van der Waals surface area contributed by atoms with Crippen molar-refractivity contribution in [1.82, 2.24) is 0 Å². The van der Waals surface area contributed by atoms with Gasteiger partial charge < -0.3 is 9.47 Å². The number of carbonyl (C=O) groups excluding carboxylic acids is 1. The van der Waals surface area contributed by atoms with Gasteiger partial charge in [0.25, 0.3) is 0 Å². The van der Waals surface area contributed by atoms with Crippen LogP contribution in [0.4, 0.5) is 13.2 Å². The third kappa shape index (κ3) is 5.92. The molecule has 3 aromatic carbocycles. The summed E-state index contributed by atoms with van der Waals surface area (Å²) in [6, 6.07) is 19.7. The minimum Gasteiger partial charge on any atom is -0.489 e. The summed E-state index contributed by atoms with van der Waals surface area (Å²) < 4.78 is 48.6. The zero-order valence-electron chi connectivity index (χ0n) is 17.4. The first kappa shape index (κ1) is 23.0. The summed E-state index contributed by atoms with van der Waals surface area (Å²) in [7, 11) is 1.32. The van der Waals surface area contributed by atoms with Crippen LogP contribution in [0.1, 0.15) is 29.0 Å². The predicted octanol–water partition coefficient (Wildman–Crippen LogP) is 6.23. The second-order valence-corrected chi connectivity index (χ2v) is 7.13. The summed E-state index contributed by atoms with van der Waals surface area (Å²) in [5.41, 5.74) is 2.59. The highest BCUT2D eigenvalue weighted by atomic mass is 19.4. The Morgan fingerprint density at radius 2 is 1.50 bits per heavy atom. The minimum absolute atomic E-state index is 0.110. The minimum atomic E-state index is -4.35. The maximum Gasteiger partial charge on any atom is 0.416 e. The molecule has 0 saturated carbocycles. The molecule has 0 aliphatic rings. The number of esters is 1. The first-order valence-electron chi connectivity index (χ1n) is 9.82. The molecule has 0 heterocycles. The summed E-state index contributed by atoms with van der Waals surface area (Å²) >= 11 is 0. The number of hydrogen-bond donors (Lipinski definition) is 0. The van der Waals surface area contributed by atoms with Crippen LogP contribution in [0.15, 0.2) is 72.8 Å². The molecular weight excluding hydrogens is 417 g/mol. The zero-order chi connectivity index (χ0) is 23.1. The van der Waals surface area contributed by atoms with Gasteiger partial charge in [0.05, 0.1) is 25.0 Å². The van der Waals surface area contributed by atoms with E-state index in [-0.39, 0.29) is 18.3 Å². The Bertz CT molecular complexity index is 1080. The SMILES string of the molecule is C#C[C@H](CC(=O)OC)c1ccc(OCc2ccc(-c3ccc(C(F)(F)F)cc3)cc2)cc1. The van der Waals surface area contributed by atoms with Crippen LogP contribution in [0.5, 0.6) is 5.75 Å². The monoisotopic (exact) mass is 438 g/mol. The van der Waals surface area contributed by atoms with Gasteiger partial charge in [-0.2, -0.15) is 13.2 Å². The van der Waals surface area contributed by atoms with Crippen LogP contribution >= 0.6 is 0 Å². The normalized spacial score (nSPS) is 12.0. The first-order chi connectivity index (χ1) is 15.3. The maximum atomic E-state index is 12.7. The number of rotatable bonds is 7. The summed E-state index contributed by atoms with van der Waals surface area (Å²) in [5, 5.41) is 0. The second kappa shape index (κ2) is 10.1. The van der Waals surface area contributed by atoms with Crippen molar-refractivity contribution >= 4 is 5.97 Å². The molecule has 3 aromatic rings. The van der Waals surface area contributed by atoms with Crippen LogP contribution in [-0.4, -0.2) is 13.1 Å². The highest BCUT2D eigenvalue weighted by Crippen LogP contribution is 2.31. The average molecular weight is 438 g/mol. The highest BCUT2D eigenvalue weighted by molar-refractivity contribution is 5.71. The van der Waals surface area contributed by atoms with Crippen LogP contribution in [0.2, 0.25) is 0 Å². The van der Waals surface area contributed by atoms with E-state index in [1.165, 1.54) is 19.2 Å². The van der Waals surface area contributed by atoms with Crippen LogP contribution in [0, 0.1) is 12.3 Å². The van der Waals surface area contributed by atoms with Gasteiger partial charge in [-0.05, 0) is 46.5 Å². The molecule has 3 rings (SSSR count). The Morgan fingerprint density at radius 3 is 2.00 bits per heavy atom. The number of terminal acetylenes is 1. The van der Waals surface area contributed by atoms with Crippen LogP contribution in [0.25, 0.3) is 11.1 Å². The molecule has 0 aliphatic heterocycles. The largest absolute Gasteiger partial charge is 0.489 e. The molecule has 0 N–H and O–H groups in total. The van der Waals surface area contributed by atoms with Crippen molar-refractivity contribution < 1.29 is 27.4 Å². The van der Waals surface area contributed by atoms with E-state index in [0.717, 1.165) is 28.8 Å². The van der Waals surface area contributed by atoms with Crippen molar-refractivity contribution in [2.75, 3.05) is 7.11 Å². The lowest BCUT2D eigenvalue weighted by atomic mass is 9.96. The van der Waals surface area contributed by atoms with E-state index in [1.54, 1.807) is 12.1 Å². The van der Waals surface area contributed by atoms with Crippen LogP contribution in [0.3, 0.4) is 0 Å². The van der Waals surface area contributed by atoms with Gasteiger partial charge in [-0.25, -0.2) is 0 Å².